The van der Waals surface area contributed by atoms with Crippen molar-refractivity contribution in [3.63, 3.8) is 0 Å². The molecule has 9 heteroatoms. The van der Waals surface area contributed by atoms with E-state index in [9.17, 15) is 26.7 Å². The van der Waals surface area contributed by atoms with Gasteiger partial charge in [0, 0.05) is 34.7 Å². The zero-order valence-electron chi connectivity index (χ0n) is 13.4. The van der Waals surface area contributed by atoms with Crippen LogP contribution in [0, 0.1) is 11.8 Å². The van der Waals surface area contributed by atoms with Gasteiger partial charge in [-0.3, -0.25) is 4.79 Å². The minimum atomic E-state index is -5.61. The van der Waals surface area contributed by atoms with E-state index in [0.29, 0.717) is 11.3 Å². The zero-order chi connectivity index (χ0) is 18.7. The second-order valence-corrected chi connectivity index (χ2v) is 7.04. The lowest BCUT2D eigenvalue weighted by molar-refractivity contribution is -0.286. The number of alkyl halides is 5. The average Bonchev–Trinajstić information content (AvgIpc) is 2.70. The van der Waals surface area contributed by atoms with E-state index in [0.717, 1.165) is 4.90 Å². The van der Waals surface area contributed by atoms with Crippen LogP contribution < -0.4 is 5.32 Å². The number of hydrogen-bond acceptors (Lipinski definition) is 2. The minimum absolute atomic E-state index is 0.258. The van der Waals surface area contributed by atoms with Gasteiger partial charge >= 0.3 is 12.1 Å². The molecule has 0 radical (unpaired) electrons. The van der Waals surface area contributed by atoms with Crippen molar-refractivity contribution >= 4 is 17.5 Å². The van der Waals surface area contributed by atoms with Crippen LogP contribution in [0.4, 0.5) is 22.0 Å². The third kappa shape index (κ3) is 2.84. The number of nitrogens with zero attached hydrogens (tertiary/aromatic N) is 1. The summed E-state index contributed by atoms with van der Waals surface area (Å²) in [6.45, 7) is 1.93. The molecule has 0 aromatic carbocycles. The van der Waals surface area contributed by atoms with E-state index >= 15 is 0 Å². The summed E-state index contributed by atoms with van der Waals surface area (Å²) in [5, 5.41) is 2.98. The summed E-state index contributed by atoms with van der Waals surface area (Å²) in [7, 11) is 0. The van der Waals surface area contributed by atoms with Crippen molar-refractivity contribution in [3.05, 3.63) is 34.5 Å². The van der Waals surface area contributed by atoms with Crippen LogP contribution in [0.5, 0.6) is 0 Å². The molecule has 2 heterocycles. The van der Waals surface area contributed by atoms with Crippen LogP contribution in [-0.4, -0.2) is 41.5 Å². The Kier molecular flexibility index (Phi) is 4.17. The number of carbonyl (C=O) groups is 1. The first-order valence-corrected chi connectivity index (χ1v) is 8.13. The molecule has 0 bridgehead atoms. The van der Waals surface area contributed by atoms with Crippen molar-refractivity contribution in [2.24, 2.45) is 11.8 Å². The molecular formula is C16H16ClF5N2O. The van der Waals surface area contributed by atoms with E-state index in [1.807, 2.05) is 0 Å². The Bertz CT molecular complexity index is 697. The summed E-state index contributed by atoms with van der Waals surface area (Å²) >= 11 is 6.20. The SMILES string of the molecule is CC1C2=C(C=CC3NC(=O)C=C(Cl)C23)N(CC(F)(F)C(F)(F)F)C1C. The van der Waals surface area contributed by atoms with Gasteiger partial charge in [-0.05, 0) is 18.6 Å². The highest BCUT2D eigenvalue weighted by Crippen LogP contribution is 2.48. The Morgan fingerprint density at radius 1 is 1.24 bits per heavy atom. The number of hydrogen-bond donors (Lipinski definition) is 1. The van der Waals surface area contributed by atoms with Crippen molar-refractivity contribution in [2.75, 3.05) is 6.54 Å². The summed E-state index contributed by atoms with van der Waals surface area (Å²) < 4.78 is 65.1. The van der Waals surface area contributed by atoms with Gasteiger partial charge in [0.05, 0.1) is 12.6 Å². The summed E-state index contributed by atoms with van der Waals surface area (Å²) in [5.41, 5.74) is 1.01. The van der Waals surface area contributed by atoms with Gasteiger partial charge in [0.15, 0.2) is 0 Å². The maximum atomic E-state index is 13.6. The third-order valence-corrected chi connectivity index (χ3v) is 5.47. The van der Waals surface area contributed by atoms with Crippen LogP contribution >= 0.6 is 11.6 Å². The highest BCUT2D eigenvalue weighted by Gasteiger charge is 2.59. The Labute approximate surface area is 146 Å². The quantitative estimate of drug-likeness (QED) is 0.740. The van der Waals surface area contributed by atoms with Gasteiger partial charge in [0.2, 0.25) is 5.91 Å². The summed E-state index contributed by atoms with van der Waals surface area (Å²) in [5.74, 6) is -5.91. The maximum absolute atomic E-state index is 13.6. The van der Waals surface area contributed by atoms with Gasteiger partial charge in [0.25, 0.3) is 0 Å². The first kappa shape index (κ1) is 18.2. The molecule has 1 N–H and O–H groups in total. The molecular weight excluding hydrogens is 367 g/mol. The number of halogens is 6. The maximum Gasteiger partial charge on any atom is 0.455 e. The number of carbonyl (C=O) groups excluding carboxylic acids is 1. The summed E-state index contributed by atoms with van der Waals surface area (Å²) in [4.78, 5) is 12.7. The molecule has 0 saturated carbocycles. The van der Waals surface area contributed by atoms with Crippen molar-refractivity contribution < 1.29 is 26.7 Å². The van der Waals surface area contributed by atoms with E-state index in [-0.39, 0.29) is 16.9 Å². The molecule has 3 nitrogen and oxygen atoms in total. The van der Waals surface area contributed by atoms with Crippen molar-refractivity contribution in [3.8, 4) is 0 Å². The predicted octanol–water partition coefficient (Wildman–Crippen LogP) is 3.59. The third-order valence-electron chi connectivity index (χ3n) is 5.13. The molecule has 3 aliphatic rings. The van der Waals surface area contributed by atoms with Gasteiger partial charge in [-0.25, -0.2) is 0 Å². The Hall–Kier alpha value is -1.57. The molecule has 25 heavy (non-hydrogen) atoms. The predicted molar refractivity (Wildman–Crippen MR) is 81.9 cm³/mol. The Morgan fingerprint density at radius 3 is 2.48 bits per heavy atom. The number of allylic oxidation sites excluding steroid dienone is 1. The fraction of sp³-hybridized carbons (Fsp3) is 0.562. The van der Waals surface area contributed by atoms with Gasteiger partial charge in [-0.15, -0.1) is 0 Å². The van der Waals surface area contributed by atoms with Gasteiger partial charge < -0.3 is 10.2 Å². The number of rotatable bonds is 2. The molecule has 0 fully saturated rings. The first-order chi connectivity index (χ1) is 11.4. The number of amides is 1. The second kappa shape index (κ2) is 5.72. The lowest BCUT2D eigenvalue weighted by Crippen LogP contribution is -2.48. The first-order valence-electron chi connectivity index (χ1n) is 7.75. The van der Waals surface area contributed by atoms with Crippen LogP contribution in [0.25, 0.3) is 0 Å². The number of fused-ring (bicyclic) bond motifs is 2. The molecule has 3 rings (SSSR count). The standard InChI is InChI=1S/C16H16ClF5N2O/c1-7-8(2)24(6-15(18,19)16(20,21)22)11-4-3-10-14(13(7)11)9(17)5-12(25)23-10/h3-5,7-8,10,14H,6H2,1-2H3,(H,23,25). The van der Waals surface area contributed by atoms with Crippen LogP contribution in [0.2, 0.25) is 0 Å². The molecule has 1 amide bonds. The molecule has 138 valence electrons. The Morgan fingerprint density at radius 2 is 1.88 bits per heavy atom. The monoisotopic (exact) mass is 382 g/mol. The molecule has 1 aliphatic carbocycles. The lowest BCUT2D eigenvalue weighted by atomic mass is 9.78. The molecule has 4 atom stereocenters. The van der Waals surface area contributed by atoms with E-state index in [2.05, 4.69) is 5.32 Å². The normalized spacial score (nSPS) is 32.4. The van der Waals surface area contributed by atoms with Gasteiger partial charge in [0.1, 0.15) is 0 Å². The Balaban J connectivity index is 1.99. The van der Waals surface area contributed by atoms with Crippen LogP contribution in [0.1, 0.15) is 13.8 Å². The fourth-order valence-electron chi connectivity index (χ4n) is 3.69. The zero-order valence-corrected chi connectivity index (χ0v) is 14.1. The van der Waals surface area contributed by atoms with Gasteiger partial charge in [-0.2, -0.15) is 22.0 Å². The highest BCUT2D eigenvalue weighted by molar-refractivity contribution is 6.32. The molecule has 0 saturated heterocycles. The minimum Gasteiger partial charge on any atom is -0.362 e. The van der Waals surface area contributed by atoms with E-state index in [1.165, 1.54) is 12.2 Å². The van der Waals surface area contributed by atoms with Crippen LogP contribution in [0.15, 0.2) is 34.5 Å². The largest absolute Gasteiger partial charge is 0.455 e. The summed E-state index contributed by atoms with van der Waals surface area (Å²) in [6, 6.07) is -0.981. The van der Waals surface area contributed by atoms with Crippen LogP contribution in [0.3, 0.4) is 0 Å². The molecule has 0 spiro atoms. The number of nitrogens with one attached hydrogen (secondary N) is 1. The second-order valence-electron chi connectivity index (χ2n) is 6.60. The molecule has 0 aromatic rings. The molecule has 4 unspecified atom stereocenters. The molecule has 0 aromatic heterocycles. The van der Waals surface area contributed by atoms with Crippen molar-refractivity contribution in [1.82, 2.24) is 10.2 Å². The highest BCUT2D eigenvalue weighted by atomic mass is 35.5. The topological polar surface area (TPSA) is 32.3 Å². The van der Waals surface area contributed by atoms with Gasteiger partial charge in [-0.1, -0.05) is 24.6 Å². The summed E-state index contributed by atoms with van der Waals surface area (Å²) in [6.07, 6.45) is -1.31. The average molecular weight is 383 g/mol. The van der Waals surface area contributed by atoms with E-state index in [1.54, 1.807) is 19.9 Å². The van der Waals surface area contributed by atoms with E-state index in [4.69, 9.17) is 11.6 Å². The lowest BCUT2D eigenvalue weighted by Gasteiger charge is -2.35. The van der Waals surface area contributed by atoms with Crippen LogP contribution in [-0.2, 0) is 4.79 Å². The molecule has 2 aliphatic heterocycles. The van der Waals surface area contributed by atoms with Crippen molar-refractivity contribution in [1.29, 1.82) is 0 Å². The van der Waals surface area contributed by atoms with E-state index < -0.39 is 36.6 Å². The fourth-order valence-corrected chi connectivity index (χ4v) is 4.04. The van der Waals surface area contributed by atoms with Crippen molar-refractivity contribution in [2.45, 2.75) is 38.0 Å². The smallest absolute Gasteiger partial charge is 0.362 e.